The Morgan fingerprint density at radius 2 is 1.72 bits per heavy atom. The molecule has 0 fully saturated rings. The van der Waals surface area contributed by atoms with Gasteiger partial charge in [0.05, 0.1) is 19.4 Å². The fourth-order valence-corrected chi connectivity index (χ4v) is 4.52. The van der Waals surface area contributed by atoms with Crippen LogP contribution < -0.4 is 10.3 Å². The van der Waals surface area contributed by atoms with Crippen molar-refractivity contribution < 1.29 is 14.3 Å². The summed E-state index contributed by atoms with van der Waals surface area (Å²) in [5.41, 5.74) is 2.22. The molecule has 0 bridgehead atoms. The Kier molecular flexibility index (Phi) is 5.18. The number of aromatic nitrogens is 1. The molecule has 0 atom stereocenters. The van der Waals surface area contributed by atoms with E-state index in [1.165, 1.54) is 17.4 Å². The molecular formula is C23H19NO4S. The first-order valence-electron chi connectivity index (χ1n) is 9.19. The highest BCUT2D eigenvalue weighted by molar-refractivity contribution is 7.21. The minimum absolute atomic E-state index is 0.151. The van der Waals surface area contributed by atoms with E-state index in [1.807, 2.05) is 54.6 Å². The molecule has 4 aromatic rings. The number of pyridine rings is 1. The maximum Gasteiger partial charge on any atom is 0.349 e. The molecule has 2 heterocycles. The quantitative estimate of drug-likeness (QED) is 0.443. The van der Waals surface area contributed by atoms with E-state index in [1.54, 1.807) is 24.7 Å². The maximum atomic E-state index is 12.7. The van der Waals surface area contributed by atoms with Crippen LogP contribution in [0.5, 0.6) is 5.75 Å². The van der Waals surface area contributed by atoms with Crippen molar-refractivity contribution in [1.82, 2.24) is 4.57 Å². The lowest BCUT2D eigenvalue weighted by atomic mass is 10.0. The van der Waals surface area contributed by atoms with Crippen LogP contribution in [0.1, 0.15) is 16.6 Å². The number of carbonyl (C=O) groups is 1. The Labute approximate surface area is 171 Å². The molecule has 2 aromatic carbocycles. The number of rotatable bonds is 5. The summed E-state index contributed by atoms with van der Waals surface area (Å²) in [7, 11) is 1.61. The van der Waals surface area contributed by atoms with Crippen molar-refractivity contribution in [2.24, 2.45) is 0 Å². The van der Waals surface area contributed by atoms with Gasteiger partial charge in [0.2, 0.25) is 0 Å². The van der Waals surface area contributed by atoms with Crippen LogP contribution in [0.3, 0.4) is 0 Å². The molecular weight excluding hydrogens is 386 g/mol. The third-order valence-corrected chi connectivity index (χ3v) is 5.77. The summed E-state index contributed by atoms with van der Waals surface area (Å²) in [6, 6.07) is 20.2. The second-order valence-electron chi connectivity index (χ2n) is 6.32. The number of esters is 1. The third-order valence-electron chi connectivity index (χ3n) is 4.60. The van der Waals surface area contributed by atoms with Gasteiger partial charge in [-0.05, 0) is 42.8 Å². The number of hydrogen-bond acceptors (Lipinski definition) is 5. The van der Waals surface area contributed by atoms with Crippen molar-refractivity contribution >= 4 is 27.5 Å². The summed E-state index contributed by atoms with van der Waals surface area (Å²) in [5.74, 6) is 0.332. The average molecular weight is 405 g/mol. The van der Waals surface area contributed by atoms with Crippen molar-refractivity contribution in [2.45, 2.75) is 6.92 Å². The fourth-order valence-electron chi connectivity index (χ4n) is 3.29. The van der Waals surface area contributed by atoms with E-state index in [9.17, 15) is 9.59 Å². The van der Waals surface area contributed by atoms with E-state index >= 15 is 0 Å². The molecule has 4 rings (SSSR count). The van der Waals surface area contributed by atoms with Crippen molar-refractivity contribution in [3.05, 3.63) is 82.0 Å². The molecule has 0 unspecified atom stereocenters. The number of benzene rings is 2. The first-order valence-corrected chi connectivity index (χ1v) is 10.0. The number of carbonyl (C=O) groups excluding carboxylic acids is 1. The van der Waals surface area contributed by atoms with Gasteiger partial charge in [-0.15, -0.1) is 11.3 Å². The lowest BCUT2D eigenvalue weighted by Crippen LogP contribution is -2.16. The number of hydrogen-bond donors (Lipinski definition) is 0. The standard InChI is InChI=1S/C23H19NO4S/c1-3-28-23(26)21-20(15-9-11-17(27-2)12-10-15)18-13-14-19(25)24(22(18)29-21)16-7-5-4-6-8-16/h4-14H,3H2,1-2H3. The van der Waals surface area contributed by atoms with Crippen LogP contribution in [-0.2, 0) is 4.74 Å². The Balaban J connectivity index is 2.03. The van der Waals surface area contributed by atoms with Gasteiger partial charge in [-0.3, -0.25) is 9.36 Å². The van der Waals surface area contributed by atoms with Gasteiger partial charge in [-0.2, -0.15) is 0 Å². The summed E-state index contributed by atoms with van der Waals surface area (Å²) in [6.45, 7) is 2.05. The zero-order valence-electron chi connectivity index (χ0n) is 16.0. The maximum absolute atomic E-state index is 12.7. The Hall–Kier alpha value is -3.38. The largest absolute Gasteiger partial charge is 0.497 e. The van der Waals surface area contributed by atoms with Crippen LogP contribution in [-0.4, -0.2) is 24.3 Å². The summed E-state index contributed by atoms with van der Waals surface area (Å²) in [5, 5.41) is 0.826. The SMILES string of the molecule is CCOC(=O)c1sc2c(ccc(=O)n2-c2ccccc2)c1-c1ccc(OC)cc1. The molecule has 146 valence electrons. The Morgan fingerprint density at radius 3 is 2.38 bits per heavy atom. The molecule has 0 amide bonds. The lowest BCUT2D eigenvalue weighted by molar-refractivity contribution is 0.0533. The van der Waals surface area contributed by atoms with Crippen molar-refractivity contribution in [2.75, 3.05) is 13.7 Å². The van der Waals surface area contributed by atoms with Crippen LogP contribution in [0.4, 0.5) is 0 Å². The summed E-state index contributed by atoms with van der Waals surface area (Å²) < 4.78 is 12.2. The van der Waals surface area contributed by atoms with Gasteiger partial charge in [0.1, 0.15) is 15.5 Å². The lowest BCUT2D eigenvalue weighted by Gasteiger charge is -2.08. The van der Waals surface area contributed by atoms with Gasteiger partial charge < -0.3 is 9.47 Å². The Bertz CT molecular complexity index is 1220. The molecule has 29 heavy (non-hydrogen) atoms. The molecule has 0 saturated heterocycles. The van der Waals surface area contributed by atoms with Gasteiger partial charge in [0.25, 0.3) is 5.56 Å². The summed E-state index contributed by atoms with van der Waals surface area (Å²) in [4.78, 5) is 26.6. The molecule has 0 radical (unpaired) electrons. The molecule has 0 aliphatic carbocycles. The highest BCUT2D eigenvalue weighted by atomic mass is 32.1. The average Bonchev–Trinajstić information content (AvgIpc) is 3.14. The second kappa shape index (κ2) is 7.93. The zero-order chi connectivity index (χ0) is 20.4. The molecule has 0 N–H and O–H groups in total. The number of fused-ring (bicyclic) bond motifs is 1. The van der Waals surface area contributed by atoms with E-state index in [4.69, 9.17) is 9.47 Å². The minimum Gasteiger partial charge on any atom is -0.497 e. The van der Waals surface area contributed by atoms with Crippen LogP contribution in [0, 0.1) is 0 Å². The smallest absolute Gasteiger partial charge is 0.349 e. The minimum atomic E-state index is -0.397. The number of thiophene rings is 1. The van der Waals surface area contributed by atoms with E-state index in [2.05, 4.69) is 0 Å². The predicted octanol–water partition coefficient (Wildman–Crippen LogP) is 4.90. The van der Waals surface area contributed by atoms with Crippen LogP contribution in [0.2, 0.25) is 0 Å². The number of nitrogens with zero attached hydrogens (tertiary/aromatic N) is 1. The van der Waals surface area contributed by atoms with Gasteiger partial charge in [0.15, 0.2) is 0 Å². The molecule has 0 aliphatic rings. The summed E-state index contributed by atoms with van der Waals surface area (Å²) in [6.07, 6.45) is 0. The fraction of sp³-hybridized carbons (Fsp3) is 0.130. The third kappa shape index (κ3) is 3.43. The van der Waals surface area contributed by atoms with Crippen LogP contribution >= 0.6 is 11.3 Å². The predicted molar refractivity (Wildman–Crippen MR) is 115 cm³/mol. The summed E-state index contributed by atoms with van der Waals surface area (Å²) >= 11 is 1.27. The van der Waals surface area contributed by atoms with E-state index in [0.29, 0.717) is 9.71 Å². The first-order chi connectivity index (χ1) is 14.1. The van der Waals surface area contributed by atoms with Crippen molar-refractivity contribution in [3.63, 3.8) is 0 Å². The molecule has 6 heteroatoms. The molecule has 0 aliphatic heterocycles. The van der Waals surface area contributed by atoms with E-state index in [-0.39, 0.29) is 12.2 Å². The van der Waals surface area contributed by atoms with E-state index < -0.39 is 5.97 Å². The highest BCUT2D eigenvalue weighted by Crippen LogP contribution is 2.39. The van der Waals surface area contributed by atoms with Gasteiger partial charge >= 0.3 is 5.97 Å². The monoisotopic (exact) mass is 405 g/mol. The molecule has 5 nitrogen and oxygen atoms in total. The van der Waals surface area contributed by atoms with Crippen LogP contribution in [0.15, 0.2) is 71.5 Å². The van der Waals surface area contributed by atoms with Gasteiger partial charge in [0, 0.05) is 17.0 Å². The van der Waals surface area contributed by atoms with Crippen molar-refractivity contribution in [3.8, 4) is 22.6 Å². The Morgan fingerprint density at radius 1 is 1.00 bits per heavy atom. The highest BCUT2D eigenvalue weighted by Gasteiger charge is 2.23. The van der Waals surface area contributed by atoms with Crippen LogP contribution in [0.25, 0.3) is 27.0 Å². The van der Waals surface area contributed by atoms with Gasteiger partial charge in [-0.1, -0.05) is 30.3 Å². The molecule has 0 saturated carbocycles. The molecule has 0 spiro atoms. The second-order valence-corrected chi connectivity index (χ2v) is 7.32. The first kappa shape index (κ1) is 19.0. The van der Waals surface area contributed by atoms with Gasteiger partial charge in [-0.25, -0.2) is 4.79 Å². The number of methoxy groups -OCH3 is 1. The normalized spacial score (nSPS) is 10.8. The topological polar surface area (TPSA) is 57.5 Å². The van der Waals surface area contributed by atoms with Crippen molar-refractivity contribution in [1.29, 1.82) is 0 Å². The molecule has 2 aromatic heterocycles. The van der Waals surface area contributed by atoms with E-state index in [0.717, 1.165) is 28.0 Å². The number of para-hydroxylation sites is 1. The zero-order valence-corrected chi connectivity index (χ0v) is 16.9. The number of ether oxygens (including phenoxy) is 2.